The Bertz CT molecular complexity index is 689. The standard InChI is InChI=1S/C14H16F2N2O2S/c15-12-8-11(2-1-6-17)14(13(16)9-12)21(19,20)18-7-5-10-3-4-10/h8-10,18H,3-7,17H2. The number of halogens is 2. The third-order valence-electron chi connectivity index (χ3n) is 3.14. The summed E-state index contributed by atoms with van der Waals surface area (Å²) in [5.41, 5.74) is 4.98. The van der Waals surface area contributed by atoms with Gasteiger partial charge in [0.15, 0.2) is 0 Å². The van der Waals surface area contributed by atoms with Crippen LogP contribution in [0.25, 0.3) is 0 Å². The van der Waals surface area contributed by atoms with E-state index in [1.54, 1.807) is 0 Å². The number of nitrogens with one attached hydrogen (secondary N) is 1. The largest absolute Gasteiger partial charge is 0.320 e. The highest BCUT2D eigenvalue weighted by atomic mass is 32.2. The van der Waals surface area contributed by atoms with Crippen LogP contribution in [0.3, 0.4) is 0 Å². The molecule has 0 atom stereocenters. The average Bonchev–Trinajstić information content (AvgIpc) is 3.18. The molecule has 0 bridgehead atoms. The maximum atomic E-state index is 13.9. The van der Waals surface area contributed by atoms with Crippen molar-refractivity contribution in [2.75, 3.05) is 13.1 Å². The molecule has 0 saturated heterocycles. The van der Waals surface area contributed by atoms with E-state index in [0.29, 0.717) is 18.4 Å². The average molecular weight is 314 g/mol. The molecule has 0 heterocycles. The first-order chi connectivity index (χ1) is 9.94. The zero-order valence-electron chi connectivity index (χ0n) is 11.3. The van der Waals surface area contributed by atoms with Crippen LogP contribution in [0.15, 0.2) is 17.0 Å². The van der Waals surface area contributed by atoms with Gasteiger partial charge in [-0.25, -0.2) is 21.9 Å². The highest BCUT2D eigenvalue weighted by molar-refractivity contribution is 7.89. The number of nitrogens with two attached hydrogens (primary N) is 1. The second-order valence-corrected chi connectivity index (χ2v) is 6.60. The van der Waals surface area contributed by atoms with Gasteiger partial charge in [0.25, 0.3) is 0 Å². The summed E-state index contributed by atoms with van der Waals surface area (Å²) in [5.74, 6) is 3.31. The summed E-state index contributed by atoms with van der Waals surface area (Å²) in [6, 6.07) is 1.42. The van der Waals surface area contributed by atoms with Crippen LogP contribution in [0.4, 0.5) is 8.78 Å². The minimum atomic E-state index is -4.07. The van der Waals surface area contributed by atoms with Gasteiger partial charge in [0.2, 0.25) is 10.0 Å². The van der Waals surface area contributed by atoms with E-state index in [-0.39, 0.29) is 18.7 Å². The Morgan fingerprint density at radius 1 is 1.33 bits per heavy atom. The second kappa shape index (κ2) is 6.52. The van der Waals surface area contributed by atoms with Crippen molar-refractivity contribution in [3.63, 3.8) is 0 Å². The summed E-state index contributed by atoms with van der Waals surface area (Å²) in [4.78, 5) is -0.624. The fourth-order valence-corrected chi connectivity index (χ4v) is 3.19. The molecule has 1 aliphatic carbocycles. The van der Waals surface area contributed by atoms with E-state index in [4.69, 9.17) is 5.73 Å². The third kappa shape index (κ3) is 4.24. The molecule has 3 N–H and O–H groups in total. The van der Waals surface area contributed by atoms with Crippen molar-refractivity contribution in [2.45, 2.75) is 24.2 Å². The molecule has 4 nitrogen and oxygen atoms in total. The molecule has 0 spiro atoms. The molecule has 7 heteroatoms. The predicted octanol–water partition coefficient (Wildman–Crippen LogP) is 1.35. The molecule has 1 fully saturated rings. The van der Waals surface area contributed by atoms with Crippen molar-refractivity contribution in [3.8, 4) is 11.8 Å². The number of rotatable bonds is 5. The number of benzene rings is 1. The minimum Gasteiger partial charge on any atom is -0.320 e. The quantitative estimate of drug-likeness (QED) is 0.806. The van der Waals surface area contributed by atoms with Crippen molar-refractivity contribution < 1.29 is 17.2 Å². The number of hydrogen-bond donors (Lipinski definition) is 2. The maximum Gasteiger partial charge on any atom is 0.244 e. The van der Waals surface area contributed by atoms with Crippen LogP contribution >= 0.6 is 0 Å². The van der Waals surface area contributed by atoms with Gasteiger partial charge < -0.3 is 5.73 Å². The molecule has 114 valence electrons. The lowest BCUT2D eigenvalue weighted by Gasteiger charge is -2.09. The maximum absolute atomic E-state index is 13.9. The summed E-state index contributed by atoms with van der Waals surface area (Å²) >= 11 is 0. The molecule has 1 saturated carbocycles. The molecule has 0 amide bonds. The molecule has 1 aromatic carbocycles. The van der Waals surface area contributed by atoms with E-state index in [9.17, 15) is 17.2 Å². The van der Waals surface area contributed by atoms with Gasteiger partial charge in [-0.3, -0.25) is 0 Å². The Hall–Kier alpha value is -1.49. The first kappa shape index (κ1) is 15.9. The molecular weight excluding hydrogens is 298 g/mol. The Morgan fingerprint density at radius 3 is 2.67 bits per heavy atom. The lowest BCUT2D eigenvalue weighted by Crippen LogP contribution is -2.27. The first-order valence-electron chi connectivity index (χ1n) is 6.61. The third-order valence-corrected chi connectivity index (χ3v) is 4.68. The molecule has 2 rings (SSSR count). The molecule has 0 aliphatic heterocycles. The summed E-state index contributed by atoms with van der Waals surface area (Å²) < 4.78 is 53.8. The zero-order chi connectivity index (χ0) is 15.5. The van der Waals surface area contributed by atoms with Gasteiger partial charge in [-0.05, 0) is 18.4 Å². The van der Waals surface area contributed by atoms with Crippen LogP contribution in [0.2, 0.25) is 0 Å². The monoisotopic (exact) mass is 314 g/mol. The summed E-state index contributed by atoms with van der Waals surface area (Å²) in [6.45, 7) is 0.195. The Labute approximate surface area is 122 Å². The van der Waals surface area contributed by atoms with E-state index in [0.717, 1.165) is 18.9 Å². The lowest BCUT2D eigenvalue weighted by molar-refractivity contribution is 0.540. The van der Waals surface area contributed by atoms with Crippen molar-refractivity contribution in [3.05, 3.63) is 29.3 Å². The van der Waals surface area contributed by atoms with Crippen LogP contribution in [0, 0.1) is 29.4 Å². The number of hydrogen-bond acceptors (Lipinski definition) is 3. The Balaban J connectivity index is 2.30. The van der Waals surface area contributed by atoms with Gasteiger partial charge in [-0.15, -0.1) is 0 Å². The summed E-state index contributed by atoms with van der Waals surface area (Å²) in [7, 11) is -4.07. The van der Waals surface area contributed by atoms with Crippen molar-refractivity contribution in [2.24, 2.45) is 11.7 Å². The van der Waals surface area contributed by atoms with Gasteiger partial charge >= 0.3 is 0 Å². The van der Waals surface area contributed by atoms with Crippen molar-refractivity contribution in [1.82, 2.24) is 4.72 Å². The van der Waals surface area contributed by atoms with Crippen LogP contribution in [0.1, 0.15) is 24.8 Å². The molecule has 1 aliphatic rings. The number of sulfonamides is 1. The normalized spacial score (nSPS) is 14.6. The zero-order valence-corrected chi connectivity index (χ0v) is 12.1. The molecule has 0 aromatic heterocycles. The van der Waals surface area contributed by atoms with E-state index >= 15 is 0 Å². The lowest BCUT2D eigenvalue weighted by atomic mass is 10.2. The predicted molar refractivity (Wildman–Crippen MR) is 74.8 cm³/mol. The minimum absolute atomic E-state index is 0.0350. The highest BCUT2D eigenvalue weighted by Crippen LogP contribution is 2.32. The van der Waals surface area contributed by atoms with E-state index in [1.165, 1.54) is 0 Å². The molecule has 0 unspecified atom stereocenters. The van der Waals surface area contributed by atoms with Gasteiger partial charge in [0.05, 0.1) is 12.1 Å². The van der Waals surface area contributed by atoms with Gasteiger partial charge in [0, 0.05) is 12.6 Å². The molecule has 1 aromatic rings. The van der Waals surface area contributed by atoms with E-state index < -0.39 is 26.6 Å². The van der Waals surface area contributed by atoms with Crippen LogP contribution in [-0.2, 0) is 10.0 Å². The summed E-state index contributed by atoms with van der Waals surface area (Å²) in [6.07, 6.45) is 2.91. The highest BCUT2D eigenvalue weighted by Gasteiger charge is 2.26. The van der Waals surface area contributed by atoms with Gasteiger partial charge in [0.1, 0.15) is 16.5 Å². The second-order valence-electron chi connectivity index (χ2n) is 4.90. The summed E-state index contributed by atoms with van der Waals surface area (Å²) in [5, 5.41) is 0. The smallest absolute Gasteiger partial charge is 0.244 e. The van der Waals surface area contributed by atoms with Crippen molar-refractivity contribution in [1.29, 1.82) is 0 Å². The first-order valence-corrected chi connectivity index (χ1v) is 8.10. The Kier molecular flexibility index (Phi) is 4.93. The van der Waals surface area contributed by atoms with Crippen LogP contribution in [-0.4, -0.2) is 21.5 Å². The van der Waals surface area contributed by atoms with Crippen LogP contribution < -0.4 is 10.5 Å². The van der Waals surface area contributed by atoms with Crippen molar-refractivity contribution >= 4 is 10.0 Å². The SMILES string of the molecule is NCC#Cc1cc(F)cc(F)c1S(=O)(=O)NCCC1CC1. The Morgan fingerprint density at radius 2 is 2.05 bits per heavy atom. The topological polar surface area (TPSA) is 72.2 Å². The van der Waals surface area contributed by atoms with Crippen LogP contribution in [0.5, 0.6) is 0 Å². The van der Waals surface area contributed by atoms with Gasteiger partial charge in [-0.2, -0.15) is 0 Å². The fraction of sp³-hybridized carbons (Fsp3) is 0.429. The fourth-order valence-electron chi connectivity index (χ4n) is 1.95. The van der Waals surface area contributed by atoms with E-state index in [2.05, 4.69) is 16.6 Å². The molecule has 21 heavy (non-hydrogen) atoms. The van der Waals surface area contributed by atoms with E-state index in [1.807, 2.05) is 0 Å². The molecular formula is C14H16F2N2O2S. The van der Waals surface area contributed by atoms with Gasteiger partial charge in [-0.1, -0.05) is 24.7 Å². The molecule has 0 radical (unpaired) electrons.